The number of carbonyl (C=O) groups excluding carboxylic acids is 1. The van der Waals surface area contributed by atoms with Crippen molar-refractivity contribution < 1.29 is 18.0 Å². The molecule has 1 saturated carbocycles. The summed E-state index contributed by atoms with van der Waals surface area (Å²) in [6.45, 7) is 0. The average molecular weight is 372 g/mol. The zero-order chi connectivity index (χ0) is 19.0. The van der Waals surface area contributed by atoms with Crippen LogP contribution in [0.3, 0.4) is 0 Å². The van der Waals surface area contributed by atoms with Crippen molar-refractivity contribution in [2.24, 2.45) is 0 Å². The molecule has 1 fully saturated rings. The van der Waals surface area contributed by atoms with Gasteiger partial charge in [0, 0.05) is 5.92 Å². The summed E-state index contributed by atoms with van der Waals surface area (Å²) >= 11 is 0. The Labute approximate surface area is 152 Å². The van der Waals surface area contributed by atoms with E-state index in [4.69, 9.17) is 0 Å². The van der Waals surface area contributed by atoms with Crippen LogP contribution in [-0.2, 0) is 6.18 Å². The molecule has 1 amide bonds. The van der Waals surface area contributed by atoms with Gasteiger partial charge in [0.1, 0.15) is 5.82 Å². The average Bonchev–Trinajstić information content (AvgIpc) is 3.40. The summed E-state index contributed by atoms with van der Waals surface area (Å²) in [6.07, 6.45) is -2.67. The van der Waals surface area contributed by atoms with E-state index >= 15 is 0 Å². The molecule has 4 rings (SSSR count). The quantitative estimate of drug-likeness (QED) is 0.738. The Bertz CT molecular complexity index is 978. The van der Waals surface area contributed by atoms with E-state index < -0.39 is 17.6 Å². The number of amides is 1. The summed E-state index contributed by atoms with van der Waals surface area (Å²) < 4.78 is 40.9. The molecule has 0 aliphatic heterocycles. The van der Waals surface area contributed by atoms with Crippen LogP contribution in [0.25, 0.3) is 5.69 Å². The molecule has 1 heterocycles. The highest BCUT2D eigenvalue weighted by atomic mass is 19.4. The standard InChI is InChI=1S/C19H15F3N4O/c20-19(21,22)14-8-4-5-9-15(14)23-18(27)16-24-17(12-10-11-12)26(25-16)13-6-2-1-3-7-13/h1-9,12H,10-11H2,(H,23,27). The maximum atomic E-state index is 13.1. The van der Waals surface area contributed by atoms with Crippen LogP contribution in [0.15, 0.2) is 54.6 Å². The number of alkyl halides is 3. The highest BCUT2D eigenvalue weighted by Gasteiger charge is 2.35. The second kappa shape index (κ2) is 6.53. The van der Waals surface area contributed by atoms with Crippen LogP contribution in [0.4, 0.5) is 18.9 Å². The number of rotatable bonds is 4. The monoisotopic (exact) mass is 372 g/mol. The van der Waals surface area contributed by atoms with Crippen molar-refractivity contribution in [2.75, 3.05) is 5.32 Å². The van der Waals surface area contributed by atoms with Gasteiger partial charge in [0.15, 0.2) is 0 Å². The number of benzene rings is 2. The maximum Gasteiger partial charge on any atom is 0.418 e. The van der Waals surface area contributed by atoms with Gasteiger partial charge in [-0.15, -0.1) is 5.10 Å². The van der Waals surface area contributed by atoms with Crippen LogP contribution in [0.5, 0.6) is 0 Å². The first kappa shape index (κ1) is 17.3. The van der Waals surface area contributed by atoms with E-state index in [0.29, 0.717) is 5.82 Å². The smallest absolute Gasteiger partial charge is 0.319 e. The minimum atomic E-state index is -4.57. The SMILES string of the molecule is O=C(Nc1ccccc1C(F)(F)F)c1nc(C2CC2)n(-c2ccccc2)n1. The van der Waals surface area contributed by atoms with E-state index in [-0.39, 0.29) is 17.4 Å². The largest absolute Gasteiger partial charge is 0.418 e. The van der Waals surface area contributed by atoms with Gasteiger partial charge in [-0.2, -0.15) is 13.2 Å². The Hall–Kier alpha value is -3.16. The van der Waals surface area contributed by atoms with Crippen LogP contribution < -0.4 is 5.32 Å². The lowest BCUT2D eigenvalue weighted by Crippen LogP contribution is -2.18. The normalized spacial score (nSPS) is 14.2. The van der Waals surface area contributed by atoms with Gasteiger partial charge >= 0.3 is 6.18 Å². The van der Waals surface area contributed by atoms with Gasteiger partial charge in [0.2, 0.25) is 5.82 Å². The molecule has 8 heteroatoms. The third kappa shape index (κ3) is 3.55. The van der Waals surface area contributed by atoms with Crippen molar-refractivity contribution in [3.63, 3.8) is 0 Å². The number of nitrogens with zero attached hydrogens (tertiary/aromatic N) is 3. The number of anilines is 1. The lowest BCUT2D eigenvalue weighted by Gasteiger charge is -2.12. The van der Waals surface area contributed by atoms with Crippen molar-refractivity contribution in [1.82, 2.24) is 14.8 Å². The van der Waals surface area contributed by atoms with Gasteiger partial charge in [0.05, 0.1) is 16.9 Å². The van der Waals surface area contributed by atoms with E-state index in [0.717, 1.165) is 24.6 Å². The van der Waals surface area contributed by atoms with E-state index in [1.807, 2.05) is 30.3 Å². The van der Waals surface area contributed by atoms with Crippen molar-refractivity contribution in [3.05, 3.63) is 71.8 Å². The molecule has 2 aromatic carbocycles. The topological polar surface area (TPSA) is 59.8 Å². The molecule has 0 saturated heterocycles. The minimum Gasteiger partial charge on any atom is -0.319 e. The van der Waals surface area contributed by atoms with Gasteiger partial charge in [-0.05, 0) is 37.1 Å². The van der Waals surface area contributed by atoms with Gasteiger partial charge in [-0.25, -0.2) is 9.67 Å². The second-order valence-electron chi connectivity index (χ2n) is 6.31. The Kier molecular flexibility index (Phi) is 4.18. The van der Waals surface area contributed by atoms with Crippen molar-refractivity contribution in [1.29, 1.82) is 0 Å². The molecule has 0 radical (unpaired) electrons. The first-order valence-electron chi connectivity index (χ1n) is 8.43. The molecule has 5 nitrogen and oxygen atoms in total. The van der Waals surface area contributed by atoms with Crippen molar-refractivity contribution >= 4 is 11.6 Å². The predicted octanol–water partition coefficient (Wildman–Crippen LogP) is 4.42. The molecule has 3 aromatic rings. The number of carbonyl (C=O) groups is 1. The van der Waals surface area contributed by atoms with E-state index in [1.54, 1.807) is 4.68 Å². The van der Waals surface area contributed by atoms with Crippen LogP contribution in [0.1, 0.15) is 40.8 Å². The molecule has 0 bridgehead atoms. The first-order chi connectivity index (χ1) is 12.9. The molecule has 1 aliphatic rings. The summed E-state index contributed by atoms with van der Waals surface area (Å²) in [4.78, 5) is 16.8. The number of para-hydroxylation sites is 2. The van der Waals surface area contributed by atoms with E-state index in [1.165, 1.54) is 18.2 Å². The Morgan fingerprint density at radius 2 is 1.70 bits per heavy atom. The number of hydrogen-bond donors (Lipinski definition) is 1. The molecule has 1 aliphatic carbocycles. The number of hydrogen-bond acceptors (Lipinski definition) is 3. The summed E-state index contributed by atoms with van der Waals surface area (Å²) in [5.41, 5.74) is -0.482. The third-order valence-corrected chi connectivity index (χ3v) is 4.26. The number of aromatic nitrogens is 3. The third-order valence-electron chi connectivity index (χ3n) is 4.26. The van der Waals surface area contributed by atoms with Gasteiger partial charge in [0.25, 0.3) is 5.91 Å². The van der Waals surface area contributed by atoms with Gasteiger partial charge < -0.3 is 5.32 Å². The van der Waals surface area contributed by atoms with Crippen LogP contribution >= 0.6 is 0 Å². The fraction of sp³-hybridized carbons (Fsp3) is 0.211. The maximum absolute atomic E-state index is 13.1. The molecular weight excluding hydrogens is 357 g/mol. The number of nitrogens with one attached hydrogen (secondary N) is 1. The lowest BCUT2D eigenvalue weighted by molar-refractivity contribution is -0.136. The Morgan fingerprint density at radius 1 is 1.04 bits per heavy atom. The molecule has 1 N–H and O–H groups in total. The molecule has 138 valence electrons. The summed E-state index contributed by atoms with van der Waals surface area (Å²) in [5, 5.41) is 6.53. The van der Waals surface area contributed by atoms with E-state index in [2.05, 4.69) is 15.4 Å². The Balaban J connectivity index is 1.66. The van der Waals surface area contributed by atoms with Crippen LogP contribution in [-0.4, -0.2) is 20.7 Å². The highest BCUT2D eigenvalue weighted by Crippen LogP contribution is 2.40. The fourth-order valence-corrected chi connectivity index (χ4v) is 2.80. The lowest BCUT2D eigenvalue weighted by atomic mass is 10.1. The molecule has 0 unspecified atom stereocenters. The van der Waals surface area contributed by atoms with Crippen LogP contribution in [0.2, 0.25) is 0 Å². The number of halogens is 3. The predicted molar refractivity (Wildman–Crippen MR) is 92.7 cm³/mol. The summed E-state index contributed by atoms with van der Waals surface area (Å²) in [5.74, 6) is -0.0711. The molecule has 0 atom stereocenters. The van der Waals surface area contributed by atoms with Gasteiger partial charge in [-0.1, -0.05) is 30.3 Å². The van der Waals surface area contributed by atoms with E-state index in [9.17, 15) is 18.0 Å². The second-order valence-corrected chi connectivity index (χ2v) is 6.31. The molecule has 1 aromatic heterocycles. The zero-order valence-electron chi connectivity index (χ0n) is 14.1. The van der Waals surface area contributed by atoms with Gasteiger partial charge in [-0.3, -0.25) is 4.79 Å². The first-order valence-corrected chi connectivity index (χ1v) is 8.43. The van der Waals surface area contributed by atoms with Crippen molar-refractivity contribution in [3.8, 4) is 5.69 Å². The summed E-state index contributed by atoms with van der Waals surface area (Å²) in [7, 11) is 0. The highest BCUT2D eigenvalue weighted by molar-refractivity contribution is 6.02. The molecular formula is C19H15F3N4O. The Morgan fingerprint density at radius 3 is 2.37 bits per heavy atom. The minimum absolute atomic E-state index is 0.155. The fourth-order valence-electron chi connectivity index (χ4n) is 2.80. The summed E-state index contributed by atoms with van der Waals surface area (Å²) in [6, 6.07) is 14.0. The molecule has 27 heavy (non-hydrogen) atoms. The molecule has 0 spiro atoms. The zero-order valence-corrected chi connectivity index (χ0v) is 14.1. The van der Waals surface area contributed by atoms with Crippen LogP contribution in [0, 0.1) is 0 Å². The van der Waals surface area contributed by atoms with Crippen molar-refractivity contribution in [2.45, 2.75) is 24.9 Å².